The van der Waals surface area contributed by atoms with Crippen molar-refractivity contribution in [3.8, 4) is 0 Å². The van der Waals surface area contributed by atoms with Crippen molar-refractivity contribution >= 4 is 50.6 Å². The quantitative estimate of drug-likeness (QED) is 0.316. The van der Waals surface area contributed by atoms with Crippen molar-refractivity contribution in [3.05, 3.63) is 57.2 Å². The summed E-state index contributed by atoms with van der Waals surface area (Å²) in [6.07, 6.45) is 1.15. The van der Waals surface area contributed by atoms with Crippen LogP contribution in [0, 0.1) is 3.57 Å². The molecule has 0 spiro atoms. The fourth-order valence-corrected chi connectivity index (χ4v) is 2.92. The predicted octanol–water partition coefficient (Wildman–Crippen LogP) is 2.34. The van der Waals surface area contributed by atoms with Gasteiger partial charge in [-0.3, -0.25) is 5.43 Å². The lowest BCUT2D eigenvalue weighted by Gasteiger charge is -2.10. The molecule has 0 heterocycles. The molecular formula is C14H10IN2O5S-. The number of hydrogen-bond donors (Lipinski definition) is 2. The molecule has 2 aromatic carbocycles. The number of benzene rings is 2. The second kappa shape index (κ2) is 7.06. The lowest BCUT2D eigenvalue weighted by Crippen LogP contribution is -2.05. The number of carbonyl (C=O) groups is 1. The Hall–Kier alpha value is -1.98. The van der Waals surface area contributed by atoms with Gasteiger partial charge in [-0.25, -0.2) is 13.2 Å². The lowest BCUT2D eigenvalue weighted by atomic mass is 10.2. The molecule has 0 saturated carbocycles. The van der Waals surface area contributed by atoms with Gasteiger partial charge in [0.15, 0.2) is 0 Å². The van der Waals surface area contributed by atoms with Gasteiger partial charge in [0.1, 0.15) is 10.1 Å². The van der Waals surface area contributed by atoms with Crippen molar-refractivity contribution in [1.82, 2.24) is 0 Å². The number of hydrazone groups is 1. The summed E-state index contributed by atoms with van der Waals surface area (Å²) < 4.78 is 34.2. The van der Waals surface area contributed by atoms with Gasteiger partial charge >= 0.3 is 5.97 Å². The number of carboxylic acid groups (broad SMARTS) is 1. The third-order valence-corrected chi connectivity index (χ3v) is 4.37. The Morgan fingerprint density at radius 2 is 1.96 bits per heavy atom. The van der Waals surface area contributed by atoms with E-state index in [1.54, 1.807) is 18.2 Å². The third kappa shape index (κ3) is 4.50. The van der Waals surface area contributed by atoms with Gasteiger partial charge in [-0.05, 0) is 46.9 Å². The van der Waals surface area contributed by atoms with Crippen molar-refractivity contribution in [2.45, 2.75) is 4.90 Å². The van der Waals surface area contributed by atoms with Gasteiger partial charge in [0.05, 0.1) is 22.4 Å². The van der Waals surface area contributed by atoms with Crippen molar-refractivity contribution in [2.75, 3.05) is 5.43 Å². The number of carboxylic acids is 1. The van der Waals surface area contributed by atoms with Crippen molar-refractivity contribution < 1.29 is 22.9 Å². The summed E-state index contributed by atoms with van der Waals surface area (Å²) in [5.41, 5.74) is 2.92. The van der Waals surface area contributed by atoms with E-state index < -0.39 is 21.0 Å². The average molecular weight is 445 g/mol. The molecule has 7 nitrogen and oxygen atoms in total. The molecule has 0 radical (unpaired) electrons. The van der Waals surface area contributed by atoms with Crippen LogP contribution in [0.4, 0.5) is 5.69 Å². The minimum absolute atomic E-state index is 0.0266. The Balaban J connectivity index is 2.29. The minimum Gasteiger partial charge on any atom is -0.744 e. The highest BCUT2D eigenvalue weighted by Gasteiger charge is 2.10. The first-order chi connectivity index (χ1) is 10.8. The molecule has 2 aromatic rings. The van der Waals surface area contributed by atoms with E-state index in [4.69, 9.17) is 5.11 Å². The predicted molar refractivity (Wildman–Crippen MR) is 91.7 cm³/mol. The van der Waals surface area contributed by atoms with Crippen LogP contribution >= 0.6 is 22.6 Å². The Morgan fingerprint density at radius 3 is 2.61 bits per heavy atom. The summed E-state index contributed by atoms with van der Waals surface area (Å²) in [6.45, 7) is 0. The topological polar surface area (TPSA) is 119 Å². The highest BCUT2D eigenvalue weighted by atomic mass is 127. The van der Waals surface area contributed by atoms with Gasteiger partial charge in [0, 0.05) is 9.13 Å². The summed E-state index contributed by atoms with van der Waals surface area (Å²) in [5, 5.41) is 13.0. The first-order valence-corrected chi connectivity index (χ1v) is 8.64. The Kier molecular flexibility index (Phi) is 5.34. The van der Waals surface area contributed by atoms with Crippen molar-refractivity contribution in [2.24, 2.45) is 5.10 Å². The first-order valence-electron chi connectivity index (χ1n) is 6.16. The molecule has 0 saturated heterocycles. The summed E-state index contributed by atoms with van der Waals surface area (Å²) in [4.78, 5) is 10.8. The maximum atomic E-state index is 11.2. The molecule has 0 bridgehead atoms. The fraction of sp³-hybridized carbons (Fsp3) is 0. The number of aromatic carboxylic acids is 1. The van der Waals surface area contributed by atoms with E-state index in [0.717, 1.165) is 9.78 Å². The second-order valence-corrected chi connectivity index (χ2v) is 6.95. The molecule has 2 N–H and O–H groups in total. The average Bonchev–Trinajstić information content (AvgIpc) is 2.48. The van der Waals surface area contributed by atoms with Gasteiger partial charge in [-0.15, -0.1) is 0 Å². The highest BCUT2D eigenvalue weighted by molar-refractivity contribution is 14.1. The Morgan fingerprint density at radius 1 is 1.26 bits per heavy atom. The number of hydrogen-bond acceptors (Lipinski definition) is 6. The van der Waals surface area contributed by atoms with Crippen LogP contribution in [0.15, 0.2) is 52.5 Å². The number of rotatable bonds is 5. The fourth-order valence-electron chi connectivity index (χ4n) is 1.78. The highest BCUT2D eigenvalue weighted by Crippen LogP contribution is 2.19. The van der Waals surface area contributed by atoms with E-state index in [1.807, 2.05) is 22.6 Å². The smallest absolute Gasteiger partial charge is 0.337 e. The van der Waals surface area contributed by atoms with E-state index in [-0.39, 0.29) is 16.8 Å². The van der Waals surface area contributed by atoms with Crippen molar-refractivity contribution in [1.29, 1.82) is 0 Å². The summed E-state index contributed by atoms with van der Waals surface area (Å²) >= 11 is 1.98. The van der Waals surface area contributed by atoms with Crippen LogP contribution in [-0.4, -0.2) is 30.3 Å². The molecule has 120 valence electrons. The molecule has 0 aliphatic carbocycles. The van der Waals surface area contributed by atoms with Crippen LogP contribution in [0.1, 0.15) is 15.9 Å². The number of nitrogens with one attached hydrogen (secondary N) is 1. The zero-order valence-corrected chi connectivity index (χ0v) is 14.4. The maximum absolute atomic E-state index is 11.2. The zero-order valence-electron chi connectivity index (χ0n) is 11.4. The molecule has 23 heavy (non-hydrogen) atoms. The second-order valence-electron chi connectivity index (χ2n) is 4.36. The van der Waals surface area contributed by atoms with Crippen LogP contribution in [0.3, 0.4) is 0 Å². The van der Waals surface area contributed by atoms with Crippen LogP contribution in [0.5, 0.6) is 0 Å². The molecule has 0 amide bonds. The van der Waals surface area contributed by atoms with Gasteiger partial charge in [0.25, 0.3) is 0 Å². The van der Waals surface area contributed by atoms with E-state index in [1.165, 1.54) is 24.3 Å². The molecule has 0 atom stereocenters. The molecule has 0 aromatic heterocycles. The number of nitrogens with zero attached hydrogens (tertiary/aromatic N) is 1. The first kappa shape index (κ1) is 17.4. The van der Waals surface area contributed by atoms with Gasteiger partial charge in [0.2, 0.25) is 0 Å². The van der Waals surface area contributed by atoms with Gasteiger partial charge in [-0.2, -0.15) is 5.10 Å². The van der Waals surface area contributed by atoms with Gasteiger partial charge in [-0.1, -0.05) is 18.2 Å². The van der Waals surface area contributed by atoms with E-state index in [9.17, 15) is 17.8 Å². The standard InChI is InChI=1S/C14H11IN2O5S/c15-10-5-6-12(11(7-10)14(18)19)17-16-8-9-3-1-2-4-13(9)23(20,21)22/h1-8,17H,(H,18,19)(H,20,21,22)/p-1/b16-8+. The van der Waals surface area contributed by atoms with Crippen LogP contribution in [-0.2, 0) is 10.1 Å². The zero-order chi connectivity index (χ0) is 17.0. The lowest BCUT2D eigenvalue weighted by molar-refractivity contribution is 0.0698. The summed E-state index contributed by atoms with van der Waals surface area (Å²) in [6, 6.07) is 10.3. The van der Waals surface area contributed by atoms with E-state index >= 15 is 0 Å². The van der Waals surface area contributed by atoms with Gasteiger partial charge < -0.3 is 9.66 Å². The molecule has 0 unspecified atom stereocenters. The largest absolute Gasteiger partial charge is 0.744 e. The maximum Gasteiger partial charge on any atom is 0.337 e. The van der Waals surface area contributed by atoms with Crippen LogP contribution < -0.4 is 5.43 Å². The minimum atomic E-state index is -4.62. The normalized spacial score (nSPS) is 11.6. The van der Waals surface area contributed by atoms with Crippen LogP contribution in [0.25, 0.3) is 0 Å². The molecule has 0 aliphatic heterocycles. The molecule has 0 fully saturated rings. The molecular weight excluding hydrogens is 435 g/mol. The number of halogens is 1. The molecule has 0 aliphatic rings. The van der Waals surface area contributed by atoms with Crippen LogP contribution in [0.2, 0.25) is 0 Å². The van der Waals surface area contributed by atoms with E-state index in [2.05, 4.69) is 10.5 Å². The monoisotopic (exact) mass is 445 g/mol. The SMILES string of the molecule is O=C(O)c1cc(I)ccc1N/N=C/c1ccccc1S(=O)(=O)[O-]. The van der Waals surface area contributed by atoms with E-state index in [0.29, 0.717) is 0 Å². The third-order valence-electron chi connectivity index (χ3n) is 2.79. The molecule has 2 rings (SSSR count). The summed E-state index contributed by atoms with van der Waals surface area (Å²) in [7, 11) is -4.62. The Bertz CT molecular complexity index is 880. The van der Waals surface area contributed by atoms with Crippen molar-refractivity contribution in [3.63, 3.8) is 0 Å². The Labute approximate surface area is 145 Å². The summed E-state index contributed by atoms with van der Waals surface area (Å²) in [5.74, 6) is -1.12. The number of anilines is 1. The molecule has 9 heteroatoms.